The lowest BCUT2D eigenvalue weighted by atomic mass is 9.90. The van der Waals surface area contributed by atoms with Gasteiger partial charge in [-0.15, -0.1) is 0 Å². The fraction of sp³-hybridized carbons (Fsp3) is 0.536. The highest BCUT2D eigenvalue weighted by molar-refractivity contribution is 5.94. The first-order valence-corrected chi connectivity index (χ1v) is 14.3. The summed E-state index contributed by atoms with van der Waals surface area (Å²) in [4.78, 5) is 41.5. The number of ether oxygens (including phenoxy) is 3. The molecule has 0 bridgehead atoms. The Morgan fingerprint density at radius 3 is 2.83 bits per heavy atom. The van der Waals surface area contributed by atoms with Crippen LogP contribution in [0.4, 0.5) is 20.8 Å². The highest BCUT2D eigenvalue weighted by atomic mass is 19.1. The fourth-order valence-corrected chi connectivity index (χ4v) is 6.88. The normalized spacial score (nSPS) is 26.8. The average Bonchev–Trinajstić information content (AvgIpc) is 3.75. The van der Waals surface area contributed by atoms with Crippen LogP contribution in [-0.2, 0) is 27.1 Å². The molecule has 1 aromatic carbocycles. The largest absolute Gasteiger partial charge is 0.465 e. The van der Waals surface area contributed by atoms with E-state index in [1.165, 1.54) is 11.1 Å². The van der Waals surface area contributed by atoms with E-state index in [-0.39, 0.29) is 53.5 Å². The van der Waals surface area contributed by atoms with Gasteiger partial charge in [0.05, 0.1) is 31.9 Å². The molecule has 3 N–H and O–H groups in total. The second kappa shape index (κ2) is 9.57. The standard InChI is InChI=1S/C28H30FN7O6/c29-22-16-6-14(5-15(16)7-19-23(22)41-25(32-19)17-10-39-11-18(17)30)9-35-3-1-28(2-4-35)13-36(27(38)42-28)20-8-31-26-24(33-20)34-21(37)12-40-26/h7-8,14,17-18H,1-6,9-13,30H2,(H,33,34,37)/t14?,17-,18-/m0/s1. The molecule has 3 fully saturated rings. The number of amides is 2. The van der Waals surface area contributed by atoms with Gasteiger partial charge in [0.15, 0.2) is 29.6 Å². The van der Waals surface area contributed by atoms with Crippen LogP contribution in [0.25, 0.3) is 11.1 Å². The number of anilines is 2. The summed E-state index contributed by atoms with van der Waals surface area (Å²) >= 11 is 0. The van der Waals surface area contributed by atoms with Gasteiger partial charge in [0.2, 0.25) is 5.89 Å². The van der Waals surface area contributed by atoms with Crippen molar-refractivity contribution >= 4 is 34.7 Å². The molecule has 42 heavy (non-hydrogen) atoms. The number of hydrogen-bond donors (Lipinski definition) is 2. The molecule has 6 heterocycles. The van der Waals surface area contributed by atoms with Crippen LogP contribution in [0.2, 0.25) is 0 Å². The highest BCUT2D eigenvalue weighted by Gasteiger charge is 2.48. The first kappa shape index (κ1) is 25.8. The quantitative estimate of drug-likeness (QED) is 0.464. The van der Waals surface area contributed by atoms with Crippen LogP contribution in [0, 0.1) is 11.7 Å². The van der Waals surface area contributed by atoms with Gasteiger partial charge in [-0.25, -0.2) is 24.1 Å². The summed E-state index contributed by atoms with van der Waals surface area (Å²) < 4.78 is 38.0. The van der Waals surface area contributed by atoms with Crippen LogP contribution in [-0.4, -0.2) is 89.5 Å². The number of hydrogen-bond acceptors (Lipinski definition) is 11. The number of likely N-dealkylation sites (tertiary alicyclic amines) is 1. The van der Waals surface area contributed by atoms with Crippen LogP contribution < -0.4 is 20.7 Å². The molecule has 8 rings (SSSR count). The monoisotopic (exact) mass is 579 g/mol. The van der Waals surface area contributed by atoms with Gasteiger partial charge >= 0.3 is 6.09 Å². The lowest BCUT2D eigenvalue weighted by Gasteiger charge is -2.38. The lowest BCUT2D eigenvalue weighted by Crippen LogP contribution is -2.48. The van der Waals surface area contributed by atoms with Crippen molar-refractivity contribution in [3.8, 4) is 5.88 Å². The summed E-state index contributed by atoms with van der Waals surface area (Å²) in [6.07, 6.45) is 3.74. The number of nitrogens with one attached hydrogen (secondary N) is 1. The van der Waals surface area contributed by atoms with Crippen molar-refractivity contribution in [1.82, 2.24) is 19.9 Å². The third kappa shape index (κ3) is 4.27. The maximum absolute atomic E-state index is 15.5. The smallest absolute Gasteiger partial charge is 0.416 e. The van der Waals surface area contributed by atoms with E-state index in [9.17, 15) is 9.59 Å². The zero-order valence-corrected chi connectivity index (χ0v) is 22.8. The molecule has 0 radical (unpaired) electrons. The molecule has 220 valence electrons. The van der Waals surface area contributed by atoms with E-state index in [4.69, 9.17) is 24.4 Å². The molecule has 3 atom stereocenters. The Morgan fingerprint density at radius 2 is 2.02 bits per heavy atom. The van der Waals surface area contributed by atoms with Crippen LogP contribution >= 0.6 is 0 Å². The fourth-order valence-electron chi connectivity index (χ4n) is 6.88. The van der Waals surface area contributed by atoms with Gasteiger partial charge in [0.1, 0.15) is 11.1 Å². The molecule has 2 amide bonds. The molecule has 2 aromatic heterocycles. The summed E-state index contributed by atoms with van der Waals surface area (Å²) in [7, 11) is 0. The summed E-state index contributed by atoms with van der Waals surface area (Å²) in [5.74, 6) is 0.647. The molecule has 13 nitrogen and oxygen atoms in total. The molecule has 1 spiro atoms. The number of nitrogens with two attached hydrogens (primary N) is 1. The Labute approximate surface area is 239 Å². The summed E-state index contributed by atoms with van der Waals surface area (Å²) in [6, 6.07) is 1.76. The maximum Gasteiger partial charge on any atom is 0.416 e. The van der Waals surface area contributed by atoms with Gasteiger partial charge in [-0.3, -0.25) is 9.69 Å². The third-order valence-corrected chi connectivity index (χ3v) is 9.13. The van der Waals surface area contributed by atoms with E-state index in [0.717, 1.165) is 31.6 Å². The van der Waals surface area contributed by atoms with Crippen LogP contribution in [0.1, 0.15) is 35.8 Å². The summed E-state index contributed by atoms with van der Waals surface area (Å²) in [5.41, 5.74) is 7.93. The van der Waals surface area contributed by atoms with Gasteiger partial charge in [0, 0.05) is 38.5 Å². The minimum atomic E-state index is -0.615. The molecule has 4 aliphatic heterocycles. The third-order valence-electron chi connectivity index (χ3n) is 9.13. The van der Waals surface area contributed by atoms with Crippen molar-refractivity contribution < 1.29 is 32.6 Å². The van der Waals surface area contributed by atoms with Crippen molar-refractivity contribution in [3.05, 3.63) is 35.1 Å². The first-order chi connectivity index (χ1) is 20.3. The van der Waals surface area contributed by atoms with Crippen molar-refractivity contribution in [2.24, 2.45) is 11.7 Å². The Morgan fingerprint density at radius 1 is 1.17 bits per heavy atom. The molecule has 1 unspecified atom stereocenters. The number of carbonyl (C=O) groups excluding carboxylic acids is 2. The second-order valence-electron chi connectivity index (χ2n) is 12.0. The number of nitrogens with zero attached hydrogens (tertiary/aromatic N) is 5. The number of halogens is 1. The maximum atomic E-state index is 15.5. The van der Waals surface area contributed by atoms with Crippen molar-refractivity contribution in [3.63, 3.8) is 0 Å². The van der Waals surface area contributed by atoms with Gasteiger partial charge in [0.25, 0.3) is 11.8 Å². The molecule has 14 heteroatoms. The van der Waals surface area contributed by atoms with Gasteiger partial charge in [-0.05, 0) is 36.0 Å². The number of carbonyl (C=O) groups is 2. The number of aromatic nitrogens is 3. The topological polar surface area (TPSA) is 158 Å². The molecule has 3 aromatic rings. The Bertz CT molecular complexity index is 1610. The molecular weight excluding hydrogens is 549 g/mol. The molecule has 3 saturated heterocycles. The van der Waals surface area contributed by atoms with Crippen LogP contribution in [0.3, 0.4) is 0 Å². The Kier molecular flexibility index (Phi) is 5.88. The number of rotatable bonds is 4. The molecule has 0 saturated carbocycles. The summed E-state index contributed by atoms with van der Waals surface area (Å²) in [5, 5.41) is 2.62. The number of benzene rings is 1. The van der Waals surface area contributed by atoms with E-state index in [2.05, 4.69) is 25.2 Å². The van der Waals surface area contributed by atoms with E-state index in [1.54, 1.807) is 0 Å². The number of oxazole rings is 1. The zero-order chi connectivity index (χ0) is 28.6. The van der Waals surface area contributed by atoms with Crippen LogP contribution in [0.5, 0.6) is 5.88 Å². The predicted molar refractivity (Wildman–Crippen MR) is 145 cm³/mol. The van der Waals surface area contributed by atoms with Gasteiger partial charge in [-0.2, -0.15) is 0 Å². The number of piperidine rings is 1. The van der Waals surface area contributed by atoms with E-state index in [0.29, 0.717) is 61.8 Å². The molecule has 5 aliphatic rings. The number of fused-ring (bicyclic) bond motifs is 3. The first-order valence-electron chi connectivity index (χ1n) is 14.3. The highest BCUT2D eigenvalue weighted by Crippen LogP contribution is 2.39. The average molecular weight is 580 g/mol. The van der Waals surface area contributed by atoms with Crippen molar-refractivity contribution in [2.75, 3.05) is 56.2 Å². The van der Waals surface area contributed by atoms with E-state index >= 15 is 4.39 Å². The van der Waals surface area contributed by atoms with Gasteiger partial charge < -0.3 is 34.6 Å². The van der Waals surface area contributed by atoms with Gasteiger partial charge in [-0.1, -0.05) is 0 Å². The second-order valence-corrected chi connectivity index (χ2v) is 12.0. The summed E-state index contributed by atoms with van der Waals surface area (Å²) in [6.45, 7) is 3.46. The predicted octanol–water partition coefficient (Wildman–Crippen LogP) is 1.74. The zero-order valence-electron chi connectivity index (χ0n) is 22.8. The SMILES string of the molecule is N[C@H]1COC[C@@H]1c1nc2cc3c(c(F)c2o1)CC(CN1CCC2(CC1)CN(c1cnc4c(n1)NC(=O)CO4)C(=O)O2)C3. The van der Waals surface area contributed by atoms with Crippen LogP contribution in [0.15, 0.2) is 16.7 Å². The minimum Gasteiger partial charge on any atom is -0.465 e. The lowest BCUT2D eigenvalue weighted by molar-refractivity contribution is -0.118. The van der Waals surface area contributed by atoms with Crippen molar-refractivity contribution in [1.29, 1.82) is 0 Å². The van der Waals surface area contributed by atoms with Crippen molar-refractivity contribution in [2.45, 2.75) is 43.2 Å². The van der Waals surface area contributed by atoms with E-state index < -0.39 is 11.7 Å². The van der Waals surface area contributed by atoms with E-state index in [1.807, 2.05) is 6.07 Å². The molecular formula is C28H30FN7O6. The Balaban J connectivity index is 0.903. The minimum absolute atomic E-state index is 0.119. The molecule has 1 aliphatic carbocycles. The Hall–Kier alpha value is -3.88.